The molecule has 1 fully saturated rings. The van der Waals surface area contributed by atoms with Gasteiger partial charge in [-0.25, -0.2) is 10.4 Å². The summed E-state index contributed by atoms with van der Waals surface area (Å²) in [7, 11) is 0. The Kier molecular flexibility index (Phi) is 3.36. The van der Waals surface area contributed by atoms with Gasteiger partial charge in [0.25, 0.3) is 5.91 Å². The van der Waals surface area contributed by atoms with E-state index < -0.39 is 5.91 Å². The minimum Gasteiger partial charge on any atom is -0.364 e. The summed E-state index contributed by atoms with van der Waals surface area (Å²) in [6.45, 7) is 0. The second-order valence-corrected chi connectivity index (χ2v) is 4.05. The smallest absolute Gasteiger partial charge is 0.267 e. The van der Waals surface area contributed by atoms with Crippen LogP contribution in [0.2, 0.25) is 0 Å². The molecule has 0 atom stereocenters. The van der Waals surface area contributed by atoms with Crippen molar-refractivity contribution in [1.29, 1.82) is 0 Å². The van der Waals surface area contributed by atoms with Gasteiger partial charge in [-0.05, 0) is 25.0 Å². The molecule has 1 saturated carbocycles. The molecule has 0 spiro atoms. The molecule has 0 aromatic carbocycles. The first-order valence-corrected chi connectivity index (χ1v) is 5.53. The van der Waals surface area contributed by atoms with Gasteiger partial charge in [0.05, 0.1) is 11.9 Å². The molecule has 4 N–H and O–H groups in total. The number of hydrazine groups is 1. The maximum atomic E-state index is 10.8. The van der Waals surface area contributed by atoms with Crippen LogP contribution in [0.4, 0.5) is 5.69 Å². The fourth-order valence-corrected chi connectivity index (χ4v) is 1.87. The maximum Gasteiger partial charge on any atom is 0.267 e. The number of rotatable bonds is 4. The molecule has 1 amide bonds. The third-order valence-corrected chi connectivity index (χ3v) is 2.79. The van der Waals surface area contributed by atoms with E-state index in [9.17, 15) is 4.79 Å². The molecule has 1 aliphatic rings. The lowest BCUT2D eigenvalue weighted by molar-refractivity contribution is 0.0995. The molecule has 1 aromatic heterocycles. The summed E-state index contributed by atoms with van der Waals surface area (Å²) < 4.78 is 0. The zero-order valence-electron chi connectivity index (χ0n) is 9.07. The van der Waals surface area contributed by atoms with Crippen molar-refractivity contribution >= 4 is 11.6 Å². The number of hydrogen-bond donors (Lipinski definition) is 3. The molecule has 5 heteroatoms. The zero-order valence-corrected chi connectivity index (χ0v) is 9.07. The van der Waals surface area contributed by atoms with Gasteiger partial charge in [0.1, 0.15) is 5.69 Å². The van der Waals surface area contributed by atoms with Crippen LogP contribution in [-0.2, 0) is 0 Å². The number of anilines is 1. The van der Waals surface area contributed by atoms with Crippen molar-refractivity contribution in [2.24, 2.45) is 5.73 Å². The van der Waals surface area contributed by atoms with Crippen molar-refractivity contribution in [1.82, 2.24) is 10.4 Å². The van der Waals surface area contributed by atoms with Gasteiger partial charge >= 0.3 is 0 Å². The monoisotopic (exact) mass is 220 g/mol. The van der Waals surface area contributed by atoms with Gasteiger partial charge < -0.3 is 11.2 Å². The van der Waals surface area contributed by atoms with E-state index in [1.165, 1.54) is 25.7 Å². The van der Waals surface area contributed by atoms with Crippen LogP contribution in [0.15, 0.2) is 18.3 Å². The summed E-state index contributed by atoms with van der Waals surface area (Å²) >= 11 is 0. The second-order valence-electron chi connectivity index (χ2n) is 4.05. The van der Waals surface area contributed by atoms with E-state index in [1.54, 1.807) is 18.3 Å². The lowest BCUT2D eigenvalue weighted by atomic mass is 10.3. The van der Waals surface area contributed by atoms with Crippen LogP contribution >= 0.6 is 0 Å². The maximum absolute atomic E-state index is 10.8. The number of carbonyl (C=O) groups is 1. The van der Waals surface area contributed by atoms with Gasteiger partial charge in [0, 0.05) is 6.04 Å². The number of nitrogens with one attached hydrogen (secondary N) is 2. The molecule has 1 heterocycles. The highest BCUT2D eigenvalue weighted by Gasteiger charge is 2.13. The predicted octanol–water partition coefficient (Wildman–Crippen LogP) is 1.04. The van der Waals surface area contributed by atoms with E-state index in [4.69, 9.17) is 5.73 Å². The van der Waals surface area contributed by atoms with Crippen molar-refractivity contribution < 1.29 is 4.79 Å². The van der Waals surface area contributed by atoms with E-state index in [1.807, 2.05) is 0 Å². The quantitative estimate of drug-likeness (QED) is 0.662. The van der Waals surface area contributed by atoms with E-state index >= 15 is 0 Å². The van der Waals surface area contributed by atoms with E-state index in [2.05, 4.69) is 15.8 Å². The topological polar surface area (TPSA) is 80.0 Å². The van der Waals surface area contributed by atoms with Gasteiger partial charge in [-0.2, -0.15) is 0 Å². The molecule has 86 valence electrons. The molecular weight excluding hydrogens is 204 g/mol. The standard InChI is InChI=1S/C11H16N4O/c12-11(16)10-6-5-9(7-13-10)15-14-8-3-1-2-4-8/h5-8,14-15H,1-4H2,(H2,12,16). The molecule has 16 heavy (non-hydrogen) atoms. The fraction of sp³-hybridized carbons (Fsp3) is 0.455. The predicted molar refractivity (Wildman–Crippen MR) is 61.8 cm³/mol. The van der Waals surface area contributed by atoms with Crippen molar-refractivity contribution in [3.05, 3.63) is 24.0 Å². The highest BCUT2D eigenvalue weighted by molar-refractivity contribution is 5.90. The third kappa shape index (κ3) is 2.70. The SMILES string of the molecule is NC(=O)c1ccc(NNC2CCCC2)cn1. The number of primary amides is 1. The number of amides is 1. The van der Waals surface area contributed by atoms with Gasteiger partial charge in [0.2, 0.25) is 0 Å². The van der Waals surface area contributed by atoms with Crippen LogP contribution in [0.5, 0.6) is 0 Å². The largest absolute Gasteiger partial charge is 0.364 e. The van der Waals surface area contributed by atoms with E-state index in [0.717, 1.165) is 5.69 Å². The van der Waals surface area contributed by atoms with Crippen molar-refractivity contribution in [2.75, 3.05) is 5.43 Å². The van der Waals surface area contributed by atoms with E-state index in [0.29, 0.717) is 6.04 Å². The Hall–Kier alpha value is -1.62. The molecule has 5 nitrogen and oxygen atoms in total. The summed E-state index contributed by atoms with van der Waals surface area (Å²) in [6, 6.07) is 3.94. The molecular formula is C11H16N4O. The minimum absolute atomic E-state index is 0.284. The van der Waals surface area contributed by atoms with Crippen molar-refractivity contribution in [3.8, 4) is 0 Å². The Morgan fingerprint density at radius 3 is 2.69 bits per heavy atom. The number of carbonyl (C=O) groups excluding carboxylic acids is 1. The number of aromatic nitrogens is 1. The number of nitrogens with zero attached hydrogens (tertiary/aromatic N) is 1. The number of nitrogens with two attached hydrogens (primary N) is 1. The number of pyridine rings is 1. The average Bonchev–Trinajstić information content (AvgIpc) is 2.80. The molecule has 0 radical (unpaired) electrons. The fourth-order valence-electron chi connectivity index (χ4n) is 1.87. The molecule has 1 aliphatic carbocycles. The Morgan fingerprint density at radius 1 is 1.38 bits per heavy atom. The summed E-state index contributed by atoms with van der Waals surface area (Å²) in [5, 5.41) is 0. The van der Waals surface area contributed by atoms with Crippen LogP contribution in [0.1, 0.15) is 36.2 Å². The highest BCUT2D eigenvalue weighted by Crippen LogP contribution is 2.17. The lowest BCUT2D eigenvalue weighted by Gasteiger charge is -2.13. The molecule has 0 bridgehead atoms. The van der Waals surface area contributed by atoms with Crippen LogP contribution in [0, 0.1) is 0 Å². The minimum atomic E-state index is -0.504. The molecule has 0 saturated heterocycles. The molecule has 0 aliphatic heterocycles. The first kappa shape index (κ1) is 10.9. The van der Waals surface area contributed by atoms with Gasteiger partial charge in [-0.3, -0.25) is 4.79 Å². The normalized spacial score (nSPS) is 16.2. The second kappa shape index (κ2) is 4.94. The average molecular weight is 220 g/mol. The first-order valence-electron chi connectivity index (χ1n) is 5.53. The van der Waals surface area contributed by atoms with Gasteiger partial charge in [-0.15, -0.1) is 0 Å². The molecule has 2 rings (SSSR count). The van der Waals surface area contributed by atoms with Crippen molar-refractivity contribution in [3.63, 3.8) is 0 Å². The van der Waals surface area contributed by atoms with Crippen LogP contribution in [0.25, 0.3) is 0 Å². The summed E-state index contributed by atoms with van der Waals surface area (Å²) in [6.07, 6.45) is 6.60. The van der Waals surface area contributed by atoms with Gasteiger partial charge in [0.15, 0.2) is 0 Å². The summed E-state index contributed by atoms with van der Waals surface area (Å²) in [4.78, 5) is 14.7. The zero-order chi connectivity index (χ0) is 11.4. The Bertz CT molecular complexity index is 357. The Morgan fingerprint density at radius 2 is 2.12 bits per heavy atom. The lowest BCUT2D eigenvalue weighted by Crippen LogP contribution is -2.31. The van der Waals surface area contributed by atoms with Crippen molar-refractivity contribution in [2.45, 2.75) is 31.7 Å². The third-order valence-electron chi connectivity index (χ3n) is 2.79. The van der Waals surface area contributed by atoms with Crippen LogP contribution in [-0.4, -0.2) is 16.9 Å². The Balaban J connectivity index is 1.87. The van der Waals surface area contributed by atoms with Crippen LogP contribution < -0.4 is 16.6 Å². The van der Waals surface area contributed by atoms with E-state index in [-0.39, 0.29) is 5.69 Å². The highest BCUT2D eigenvalue weighted by atomic mass is 16.1. The Labute approximate surface area is 94.4 Å². The molecule has 1 aromatic rings. The summed E-state index contributed by atoms with van der Waals surface area (Å²) in [5.74, 6) is -0.504. The van der Waals surface area contributed by atoms with Gasteiger partial charge in [-0.1, -0.05) is 12.8 Å². The van der Waals surface area contributed by atoms with Crippen LogP contribution in [0.3, 0.4) is 0 Å². The number of hydrogen-bond acceptors (Lipinski definition) is 4. The molecule has 0 unspecified atom stereocenters. The summed E-state index contributed by atoms with van der Waals surface area (Å²) in [5.41, 5.74) is 12.6. The first-order chi connectivity index (χ1) is 7.75.